The highest BCUT2D eigenvalue weighted by Crippen LogP contribution is 2.19. The predicted molar refractivity (Wildman–Crippen MR) is 178 cm³/mol. The molecule has 1 aliphatic heterocycles. The Labute approximate surface area is 275 Å². The fourth-order valence-corrected chi connectivity index (χ4v) is 6.18. The van der Waals surface area contributed by atoms with Gasteiger partial charge in [0.25, 0.3) is 5.91 Å². The summed E-state index contributed by atoms with van der Waals surface area (Å²) < 4.78 is 0. The number of hydrogen-bond acceptors (Lipinski definition) is 8. The third-order valence-electron chi connectivity index (χ3n) is 8.65. The van der Waals surface area contributed by atoms with Gasteiger partial charge in [-0.25, -0.2) is 4.98 Å². The molecule has 1 aromatic heterocycles. The molecule has 2 aromatic rings. The number of aromatic nitrogens is 1. The number of ketones is 1. The van der Waals surface area contributed by atoms with E-state index in [9.17, 15) is 29.1 Å². The molecule has 1 fully saturated rings. The molecule has 0 spiro atoms. The first kappa shape index (κ1) is 36.8. The van der Waals surface area contributed by atoms with Gasteiger partial charge < -0.3 is 26.4 Å². The number of Topliss-reactive ketones (excluding diaryl/α,β-unsaturated/α-hetero) is 1. The molecule has 252 valence electrons. The van der Waals surface area contributed by atoms with Crippen LogP contribution in [-0.2, 0) is 20.8 Å². The highest BCUT2D eigenvalue weighted by atomic mass is 32.1. The molecule has 0 bridgehead atoms. The molecular formula is C34H49N5O6S. The van der Waals surface area contributed by atoms with Gasteiger partial charge in [0.05, 0.1) is 12.0 Å². The number of piperidine rings is 1. The summed E-state index contributed by atoms with van der Waals surface area (Å²) >= 11 is 1.06. The van der Waals surface area contributed by atoms with Crippen LogP contribution in [-0.4, -0.2) is 70.3 Å². The fourth-order valence-electron chi connectivity index (χ4n) is 5.43. The van der Waals surface area contributed by atoms with Gasteiger partial charge in [-0.3, -0.25) is 24.0 Å². The fraction of sp³-hybridized carbons (Fsp3) is 0.588. The molecule has 5 N–H and O–H groups in total. The van der Waals surface area contributed by atoms with Crippen molar-refractivity contribution in [1.29, 1.82) is 0 Å². The van der Waals surface area contributed by atoms with E-state index in [1.54, 1.807) is 6.92 Å². The van der Waals surface area contributed by atoms with Crippen molar-refractivity contribution < 1.29 is 29.1 Å². The van der Waals surface area contributed by atoms with E-state index in [0.29, 0.717) is 12.8 Å². The quantitative estimate of drug-likeness (QED) is 0.160. The molecule has 3 amide bonds. The molecular weight excluding hydrogens is 606 g/mol. The summed E-state index contributed by atoms with van der Waals surface area (Å²) in [5.41, 5.74) is 1.04. The van der Waals surface area contributed by atoms with Crippen LogP contribution in [0.15, 0.2) is 35.7 Å². The van der Waals surface area contributed by atoms with E-state index < -0.39 is 35.9 Å². The van der Waals surface area contributed by atoms with Crippen molar-refractivity contribution in [2.24, 2.45) is 17.8 Å². The van der Waals surface area contributed by atoms with Gasteiger partial charge in [-0.15, -0.1) is 11.3 Å². The second-order valence-electron chi connectivity index (χ2n) is 12.7. The maximum absolute atomic E-state index is 13.5. The molecule has 11 nitrogen and oxygen atoms in total. The van der Waals surface area contributed by atoms with Gasteiger partial charge in [-0.05, 0) is 49.6 Å². The zero-order chi connectivity index (χ0) is 33.8. The average Bonchev–Trinajstić information content (AvgIpc) is 3.54. The minimum absolute atomic E-state index is 0.0178. The summed E-state index contributed by atoms with van der Waals surface area (Å²) in [5, 5.41) is 23.2. The third-order valence-corrected chi connectivity index (χ3v) is 9.54. The SMILES string of the molecule is CC[C@@H](C)[C@H](NC(=O)[C@@H]1CCCCN1)C(=O)N[C@H](CC(=O)c1nc(C(=O)N[C@@H](Cc2ccccc2)C[C@H](C)C(=O)O)cs1)C(C)C. The van der Waals surface area contributed by atoms with Crippen molar-refractivity contribution in [1.82, 2.24) is 26.3 Å². The van der Waals surface area contributed by atoms with Crippen LogP contribution < -0.4 is 21.3 Å². The number of amides is 3. The van der Waals surface area contributed by atoms with Crippen LogP contribution in [0.2, 0.25) is 0 Å². The molecule has 0 aliphatic carbocycles. The van der Waals surface area contributed by atoms with E-state index in [-0.39, 0.29) is 59.0 Å². The van der Waals surface area contributed by atoms with Crippen LogP contribution in [0.25, 0.3) is 0 Å². The molecule has 0 radical (unpaired) electrons. The highest BCUT2D eigenvalue weighted by molar-refractivity contribution is 7.11. The van der Waals surface area contributed by atoms with E-state index in [0.717, 1.165) is 42.7 Å². The van der Waals surface area contributed by atoms with Crippen LogP contribution in [0.5, 0.6) is 0 Å². The number of carboxylic acid groups (broad SMARTS) is 1. The Balaban J connectivity index is 1.65. The number of nitrogens with zero attached hydrogens (tertiary/aromatic N) is 1. The molecule has 1 aliphatic rings. The van der Waals surface area contributed by atoms with Gasteiger partial charge in [0.1, 0.15) is 11.7 Å². The number of thiazole rings is 1. The minimum atomic E-state index is -0.945. The lowest BCUT2D eigenvalue weighted by molar-refractivity contribution is -0.141. The monoisotopic (exact) mass is 655 g/mol. The van der Waals surface area contributed by atoms with Gasteiger partial charge in [0.15, 0.2) is 10.8 Å². The summed E-state index contributed by atoms with van der Waals surface area (Å²) in [5.74, 6) is -3.11. The molecule has 1 saturated heterocycles. The summed E-state index contributed by atoms with van der Waals surface area (Å²) in [4.78, 5) is 68.7. The standard InChI is InChI=1S/C34H49N5O6S/c1-6-21(4)29(39-30(41)25-14-10-11-15-35-25)32(43)37-26(20(2)3)18-28(40)33-38-27(19-46-33)31(42)36-24(16-22(5)34(44)45)17-23-12-8-7-9-13-23/h7-9,12-13,19-22,24-26,29,35H,6,10-11,14-18H2,1-5H3,(H,36,42)(H,37,43)(H,39,41)(H,44,45)/t21-,22+,24-,25+,26-,29+/m1/s1. The smallest absolute Gasteiger partial charge is 0.306 e. The largest absolute Gasteiger partial charge is 0.481 e. The number of aliphatic carboxylic acids is 1. The molecule has 12 heteroatoms. The number of carbonyl (C=O) groups excluding carboxylic acids is 4. The third kappa shape index (κ3) is 11.0. The molecule has 1 aromatic carbocycles. The Bertz CT molecular complexity index is 1330. The molecule has 0 unspecified atom stereocenters. The van der Waals surface area contributed by atoms with Crippen molar-refractivity contribution in [3.63, 3.8) is 0 Å². The predicted octanol–water partition coefficient (Wildman–Crippen LogP) is 3.98. The van der Waals surface area contributed by atoms with Crippen LogP contribution in [0, 0.1) is 17.8 Å². The summed E-state index contributed by atoms with van der Waals surface area (Å²) in [6.45, 7) is 10.1. The van der Waals surface area contributed by atoms with E-state index in [2.05, 4.69) is 26.3 Å². The van der Waals surface area contributed by atoms with Crippen molar-refractivity contribution >= 4 is 40.8 Å². The highest BCUT2D eigenvalue weighted by Gasteiger charge is 2.32. The van der Waals surface area contributed by atoms with Crippen molar-refractivity contribution in [2.75, 3.05) is 6.54 Å². The Hall–Kier alpha value is -3.64. The molecule has 3 rings (SSSR count). The number of benzene rings is 1. The van der Waals surface area contributed by atoms with Crippen LogP contribution in [0.4, 0.5) is 0 Å². The van der Waals surface area contributed by atoms with Crippen LogP contribution in [0.3, 0.4) is 0 Å². The zero-order valence-electron chi connectivity index (χ0n) is 27.5. The summed E-state index contributed by atoms with van der Waals surface area (Å²) in [6.07, 6.45) is 4.06. The number of carbonyl (C=O) groups is 5. The Morgan fingerprint density at radius 1 is 1.02 bits per heavy atom. The van der Waals surface area contributed by atoms with Gasteiger partial charge in [0, 0.05) is 23.9 Å². The maximum atomic E-state index is 13.5. The normalized spacial score (nSPS) is 18.1. The van der Waals surface area contributed by atoms with Crippen LogP contribution >= 0.6 is 11.3 Å². The number of rotatable bonds is 17. The van der Waals surface area contributed by atoms with E-state index in [4.69, 9.17) is 0 Å². The zero-order valence-corrected chi connectivity index (χ0v) is 28.3. The Morgan fingerprint density at radius 2 is 1.74 bits per heavy atom. The van der Waals surface area contributed by atoms with Gasteiger partial charge >= 0.3 is 5.97 Å². The summed E-state index contributed by atoms with van der Waals surface area (Å²) in [6, 6.07) is 7.48. The second kappa shape index (κ2) is 17.9. The number of carboxylic acids is 1. The minimum Gasteiger partial charge on any atom is -0.481 e. The molecule has 46 heavy (non-hydrogen) atoms. The van der Waals surface area contributed by atoms with Gasteiger partial charge in [-0.1, -0.05) is 77.8 Å². The number of nitrogens with one attached hydrogen (secondary N) is 4. The van der Waals surface area contributed by atoms with Gasteiger partial charge in [-0.2, -0.15) is 0 Å². The average molecular weight is 656 g/mol. The first-order chi connectivity index (χ1) is 21.9. The number of hydrogen-bond donors (Lipinski definition) is 5. The van der Waals surface area contributed by atoms with Gasteiger partial charge in [0.2, 0.25) is 11.8 Å². The molecule has 0 saturated carbocycles. The molecule has 6 atom stereocenters. The maximum Gasteiger partial charge on any atom is 0.306 e. The Kier molecular flexibility index (Phi) is 14.3. The van der Waals surface area contributed by atoms with Crippen molar-refractivity contribution in [3.8, 4) is 0 Å². The first-order valence-corrected chi connectivity index (χ1v) is 17.2. The lowest BCUT2D eigenvalue weighted by atomic mass is 9.94. The topological polar surface area (TPSA) is 167 Å². The molecule has 2 heterocycles. The van der Waals surface area contributed by atoms with Crippen molar-refractivity contribution in [3.05, 3.63) is 52.0 Å². The Morgan fingerprint density at radius 3 is 2.35 bits per heavy atom. The lowest BCUT2D eigenvalue weighted by Crippen LogP contribution is -2.57. The summed E-state index contributed by atoms with van der Waals surface area (Å²) in [7, 11) is 0. The van der Waals surface area contributed by atoms with Crippen LogP contribution in [0.1, 0.15) is 99.0 Å². The first-order valence-electron chi connectivity index (χ1n) is 16.3. The van der Waals surface area contributed by atoms with Crippen molar-refractivity contribution in [2.45, 2.75) is 104 Å². The second-order valence-corrected chi connectivity index (χ2v) is 13.6. The van der Waals surface area contributed by atoms with E-state index >= 15 is 0 Å². The van der Waals surface area contributed by atoms with E-state index in [1.807, 2.05) is 58.0 Å². The van der Waals surface area contributed by atoms with E-state index in [1.165, 1.54) is 5.38 Å². The lowest BCUT2D eigenvalue weighted by Gasteiger charge is -2.30.